The number of nitro groups is 1. The van der Waals surface area contributed by atoms with E-state index in [-0.39, 0.29) is 12.3 Å². The third-order valence-electron chi connectivity index (χ3n) is 4.40. The predicted molar refractivity (Wildman–Crippen MR) is 120 cm³/mol. The molecule has 0 aromatic heterocycles. The third-order valence-corrected chi connectivity index (χ3v) is 5.05. The van der Waals surface area contributed by atoms with Gasteiger partial charge in [0.05, 0.1) is 28.7 Å². The van der Waals surface area contributed by atoms with Crippen molar-refractivity contribution in [3.8, 4) is 17.6 Å². The SMILES string of the molecule is COc1cc(/C=C(/C#N)c2ccc([N+](=O)[O-])cc2)cc(Cl)c1OCc1ccccc1Cl. The van der Waals surface area contributed by atoms with Crippen molar-refractivity contribution in [2.75, 3.05) is 7.11 Å². The number of ether oxygens (including phenoxy) is 2. The van der Waals surface area contributed by atoms with Crippen LogP contribution < -0.4 is 9.47 Å². The van der Waals surface area contributed by atoms with E-state index in [2.05, 4.69) is 6.07 Å². The fourth-order valence-corrected chi connectivity index (χ4v) is 3.30. The van der Waals surface area contributed by atoms with Gasteiger partial charge < -0.3 is 9.47 Å². The Balaban J connectivity index is 1.89. The van der Waals surface area contributed by atoms with E-state index < -0.39 is 4.92 Å². The maximum absolute atomic E-state index is 10.8. The van der Waals surface area contributed by atoms with E-state index in [9.17, 15) is 15.4 Å². The lowest BCUT2D eigenvalue weighted by Crippen LogP contribution is -1.99. The van der Waals surface area contributed by atoms with Crippen molar-refractivity contribution < 1.29 is 14.4 Å². The van der Waals surface area contributed by atoms with Gasteiger partial charge in [0.15, 0.2) is 11.5 Å². The summed E-state index contributed by atoms with van der Waals surface area (Å²) >= 11 is 12.6. The number of halogens is 2. The Morgan fingerprint density at radius 3 is 2.45 bits per heavy atom. The summed E-state index contributed by atoms with van der Waals surface area (Å²) in [6.45, 7) is 0.206. The molecule has 3 aromatic rings. The number of allylic oxidation sites excluding steroid dienone is 1. The number of hydrogen-bond donors (Lipinski definition) is 0. The van der Waals surface area contributed by atoms with Gasteiger partial charge in [-0.2, -0.15) is 5.26 Å². The first kappa shape index (κ1) is 22.2. The van der Waals surface area contributed by atoms with Crippen LogP contribution >= 0.6 is 23.2 Å². The smallest absolute Gasteiger partial charge is 0.269 e. The highest BCUT2D eigenvalue weighted by atomic mass is 35.5. The minimum atomic E-state index is -0.495. The first-order chi connectivity index (χ1) is 14.9. The molecule has 0 saturated heterocycles. The van der Waals surface area contributed by atoms with Crippen molar-refractivity contribution >= 4 is 40.5 Å². The lowest BCUT2D eigenvalue weighted by Gasteiger charge is -2.14. The van der Waals surface area contributed by atoms with Gasteiger partial charge in [-0.25, -0.2) is 0 Å². The summed E-state index contributed by atoms with van der Waals surface area (Å²) in [5.41, 5.74) is 2.23. The predicted octanol–water partition coefficient (Wildman–Crippen LogP) is 6.55. The molecule has 0 N–H and O–H groups in total. The molecule has 0 radical (unpaired) electrons. The first-order valence-corrected chi connectivity index (χ1v) is 9.79. The molecule has 0 bridgehead atoms. The van der Waals surface area contributed by atoms with Gasteiger partial charge in [0.25, 0.3) is 5.69 Å². The van der Waals surface area contributed by atoms with Gasteiger partial charge in [-0.15, -0.1) is 0 Å². The second-order valence-corrected chi connectivity index (χ2v) is 7.20. The third kappa shape index (κ3) is 5.34. The lowest BCUT2D eigenvalue weighted by atomic mass is 10.0. The molecule has 0 aliphatic rings. The molecule has 0 atom stereocenters. The van der Waals surface area contributed by atoms with Crippen LogP contribution in [0, 0.1) is 21.4 Å². The molecule has 8 heteroatoms. The Labute approximate surface area is 189 Å². The summed E-state index contributed by atoms with van der Waals surface area (Å²) < 4.78 is 11.3. The van der Waals surface area contributed by atoms with E-state index in [0.29, 0.717) is 38.2 Å². The Kier molecular flexibility index (Phi) is 7.14. The summed E-state index contributed by atoms with van der Waals surface area (Å²) in [4.78, 5) is 10.3. The molecule has 3 rings (SSSR count). The molecule has 0 saturated carbocycles. The molecule has 0 unspecified atom stereocenters. The zero-order chi connectivity index (χ0) is 22.4. The van der Waals surface area contributed by atoms with Gasteiger partial charge in [-0.3, -0.25) is 10.1 Å². The van der Waals surface area contributed by atoms with Gasteiger partial charge in [0, 0.05) is 22.7 Å². The average molecular weight is 455 g/mol. The standard InChI is InChI=1S/C23H16Cl2N2O4/c1-30-22-12-15(10-18(13-26)16-6-8-19(9-7-16)27(28)29)11-21(25)23(22)31-14-17-4-2-3-5-20(17)24/h2-12H,14H2,1H3/b18-10-. The van der Waals surface area contributed by atoms with Crippen LogP contribution in [0.2, 0.25) is 10.0 Å². The molecule has 3 aromatic carbocycles. The Hall–Kier alpha value is -3.53. The molecule has 0 amide bonds. The van der Waals surface area contributed by atoms with Gasteiger partial charge in [0.2, 0.25) is 0 Å². The second kappa shape index (κ2) is 9.98. The zero-order valence-electron chi connectivity index (χ0n) is 16.3. The van der Waals surface area contributed by atoms with Crippen molar-refractivity contribution in [2.24, 2.45) is 0 Å². The summed E-state index contributed by atoms with van der Waals surface area (Å²) in [5.74, 6) is 0.752. The Morgan fingerprint density at radius 2 is 1.84 bits per heavy atom. The van der Waals surface area contributed by atoms with Gasteiger partial charge in [-0.1, -0.05) is 41.4 Å². The van der Waals surface area contributed by atoms with Crippen LogP contribution in [0.4, 0.5) is 5.69 Å². The van der Waals surface area contributed by atoms with E-state index >= 15 is 0 Å². The Morgan fingerprint density at radius 1 is 1.13 bits per heavy atom. The van der Waals surface area contributed by atoms with Crippen molar-refractivity contribution in [3.63, 3.8) is 0 Å². The number of methoxy groups -OCH3 is 1. The van der Waals surface area contributed by atoms with Crippen molar-refractivity contribution in [1.29, 1.82) is 5.26 Å². The highest BCUT2D eigenvalue weighted by Gasteiger charge is 2.14. The molecular formula is C23H16Cl2N2O4. The summed E-state index contributed by atoms with van der Waals surface area (Å²) in [6.07, 6.45) is 1.62. The maximum atomic E-state index is 10.8. The molecule has 6 nitrogen and oxygen atoms in total. The summed E-state index contributed by atoms with van der Waals surface area (Å²) in [5, 5.41) is 21.3. The van der Waals surface area contributed by atoms with Crippen LogP contribution in [0.3, 0.4) is 0 Å². The van der Waals surface area contributed by atoms with Crippen LogP contribution in [0.15, 0.2) is 60.7 Å². The van der Waals surface area contributed by atoms with Crippen LogP contribution in [-0.4, -0.2) is 12.0 Å². The number of nitro benzene ring substituents is 1. The number of hydrogen-bond acceptors (Lipinski definition) is 5. The molecule has 0 heterocycles. The molecule has 0 fully saturated rings. The van der Waals surface area contributed by atoms with Crippen molar-refractivity contribution in [1.82, 2.24) is 0 Å². The summed E-state index contributed by atoms with van der Waals surface area (Å²) in [6, 6.07) is 18.5. The largest absolute Gasteiger partial charge is 0.493 e. The highest BCUT2D eigenvalue weighted by molar-refractivity contribution is 6.32. The van der Waals surface area contributed by atoms with Crippen molar-refractivity contribution in [2.45, 2.75) is 6.61 Å². The molecule has 0 spiro atoms. The molecule has 156 valence electrons. The summed E-state index contributed by atoms with van der Waals surface area (Å²) in [7, 11) is 1.49. The normalized spacial score (nSPS) is 11.0. The first-order valence-electron chi connectivity index (χ1n) is 9.03. The van der Waals surface area contributed by atoms with Crippen LogP contribution in [-0.2, 0) is 6.61 Å². The number of nitriles is 1. The number of rotatable bonds is 7. The minimum Gasteiger partial charge on any atom is -0.493 e. The topological polar surface area (TPSA) is 85.4 Å². The minimum absolute atomic E-state index is 0.0502. The van der Waals surface area contributed by atoms with Crippen LogP contribution in [0.1, 0.15) is 16.7 Å². The van der Waals surface area contributed by atoms with Crippen molar-refractivity contribution in [3.05, 3.63) is 97.5 Å². The number of benzene rings is 3. The number of nitrogens with zero attached hydrogens (tertiary/aromatic N) is 2. The van der Waals surface area contributed by atoms with E-state index in [4.69, 9.17) is 32.7 Å². The molecule has 31 heavy (non-hydrogen) atoms. The van der Waals surface area contributed by atoms with Gasteiger partial charge in [-0.05, 0) is 47.5 Å². The Bertz CT molecular complexity index is 1190. The van der Waals surface area contributed by atoms with E-state index in [0.717, 1.165) is 5.56 Å². The zero-order valence-corrected chi connectivity index (χ0v) is 17.9. The number of non-ortho nitro benzene ring substituents is 1. The molecule has 0 aliphatic heterocycles. The quantitative estimate of drug-likeness (QED) is 0.174. The second-order valence-electron chi connectivity index (χ2n) is 6.39. The monoisotopic (exact) mass is 454 g/mol. The highest BCUT2D eigenvalue weighted by Crippen LogP contribution is 2.38. The fourth-order valence-electron chi connectivity index (χ4n) is 2.84. The van der Waals surface area contributed by atoms with Gasteiger partial charge >= 0.3 is 0 Å². The maximum Gasteiger partial charge on any atom is 0.269 e. The van der Waals surface area contributed by atoms with E-state index in [1.54, 1.807) is 24.3 Å². The van der Waals surface area contributed by atoms with Crippen LogP contribution in [0.25, 0.3) is 11.6 Å². The molecule has 0 aliphatic carbocycles. The van der Waals surface area contributed by atoms with E-state index in [1.807, 2.05) is 18.2 Å². The van der Waals surface area contributed by atoms with Crippen LogP contribution in [0.5, 0.6) is 11.5 Å². The van der Waals surface area contributed by atoms with Gasteiger partial charge in [0.1, 0.15) is 6.61 Å². The molecular weight excluding hydrogens is 439 g/mol. The average Bonchev–Trinajstić information content (AvgIpc) is 2.77. The van der Waals surface area contributed by atoms with E-state index in [1.165, 1.54) is 31.4 Å². The fraction of sp³-hybridized carbons (Fsp3) is 0.0870. The lowest BCUT2D eigenvalue weighted by molar-refractivity contribution is -0.384.